The number of hydrazone groups is 1. The van der Waals surface area contributed by atoms with E-state index in [1.54, 1.807) is 27.7 Å². The number of aryl methyl sites for hydroxylation is 1. The van der Waals surface area contributed by atoms with E-state index in [0.717, 1.165) is 26.6 Å². The van der Waals surface area contributed by atoms with Crippen LogP contribution in [-0.4, -0.2) is 36.8 Å². The minimum Gasteiger partial charge on any atom is -0.271 e. The maximum atomic E-state index is 13.1. The first-order chi connectivity index (χ1) is 14.7. The summed E-state index contributed by atoms with van der Waals surface area (Å²) in [7, 11) is 0. The van der Waals surface area contributed by atoms with Gasteiger partial charge in [0, 0.05) is 16.9 Å². The number of tetrazole rings is 1. The molecular weight excluding hydrogens is 416 g/mol. The van der Waals surface area contributed by atoms with Gasteiger partial charge in [-0.25, -0.2) is 5.01 Å². The van der Waals surface area contributed by atoms with Crippen LogP contribution in [0.25, 0.3) is 11.4 Å². The van der Waals surface area contributed by atoms with Crippen LogP contribution >= 0.6 is 22.7 Å². The summed E-state index contributed by atoms with van der Waals surface area (Å²) in [6.45, 7) is 2.01. The summed E-state index contributed by atoms with van der Waals surface area (Å²) in [5, 5.41) is 22.8. The summed E-state index contributed by atoms with van der Waals surface area (Å²) in [6, 6.07) is 15.9. The van der Waals surface area contributed by atoms with E-state index in [2.05, 4.69) is 20.5 Å². The zero-order valence-electron chi connectivity index (χ0n) is 16.2. The van der Waals surface area contributed by atoms with Crippen LogP contribution in [0, 0.1) is 6.92 Å². The molecule has 30 heavy (non-hydrogen) atoms. The van der Waals surface area contributed by atoms with Crippen molar-refractivity contribution in [3.8, 4) is 11.4 Å². The number of hydrogen-bond donors (Lipinski definition) is 0. The van der Waals surface area contributed by atoms with Crippen LogP contribution in [0.15, 0.2) is 64.4 Å². The molecule has 0 unspecified atom stereocenters. The molecule has 3 aromatic heterocycles. The first-order valence-electron chi connectivity index (χ1n) is 9.49. The normalized spacial score (nSPS) is 16.1. The fraction of sp³-hybridized carbons (Fsp3) is 0.190. The smallest absolute Gasteiger partial charge is 0.266 e. The van der Waals surface area contributed by atoms with E-state index in [1.165, 1.54) is 4.80 Å². The number of aromatic nitrogens is 4. The number of carbonyl (C=O) groups excluding carboxylic acids is 1. The van der Waals surface area contributed by atoms with Gasteiger partial charge in [0.05, 0.1) is 16.6 Å². The number of nitrogens with zero attached hydrogens (tertiary/aromatic N) is 6. The summed E-state index contributed by atoms with van der Waals surface area (Å²) < 4.78 is 0. The molecule has 0 spiro atoms. The molecule has 9 heteroatoms. The highest BCUT2D eigenvalue weighted by Crippen LogP contribution is 2.36. The molecule has 4 heterocycles. The van der Waals surface area contributed by atoms with Gasteiger partial charge in [-0.2, -0.15) is 9.90 Å². The largest absolute Gasteiger partial charge is 0.271 e. The van der Waals surface area contributed by atoms with Crippen LogP contribution in [0.2, 0.25) is 0 Å². The lowest BCUT2D eigenvalue weighted by Gasteiger charge is -2.20. The minimum absolute atomic E-state index is 0.0119. The van der Waals surface area contributed by atoms with Crippen molar-refractivity contribution in [2.75, 3.05) is 0 Å². The van der Waals surface area contributed by atoms with E-state index >= 15 is 0 Å². The lowest BCUT2D eigenvalue weighted by molar-refractivity contribution is -0.134. The highest BCUT2D eigenvalue weighted by Gasteiger charge is 2.34. The van der Waals surface area contributed by atoms with Crippen molar-refractivity contribution in [2.24, 2.45) is 5.10 Å². The van der Waals surface area contributed by atoms with Crippen molar-refractivity contribution in [3.05, 3.63) is 74.6 Å². The molecule has 1 aromatic carbocycles. The summed E-state index contributed by atoms with van der Waals surface area (Å²) in [6.07, 6.45) is 0.701. The SMILES string of the molecule is Cc1ccc(-c2nnn(CC(=O)N3N=C(c4cccs4)C[C@@H]3c3cccs3)n2)cc1. The standard InChI is InChI=1S/C21H18N6OS2/c1-14-6-8-15(9-7-14)21-22-25-26(24-21)13-20(28)27-17(19-5-3-11-30-19)12-16(23-27)18-4-2-10-29-18/h2-11,17H,12-13H2,1H3/t17-/m1/s1. The van der Waals surface area contributed by atoms with Crippen LogP contribution in [0.1, 0.15) is 27.8 Å². The minimum atomic E-state index is -0.159. The Bertz CT molecular complexity index is 1180. The van der Waals surface area contributed by atoms with Crippen molar-refractivity contribution in [2.45, 2.75) is 25.9 Å². The number of hydrogen-bond acceptors (Lipinski definition) is 7. The monoisotopic (exact) mass is 434 g/mol. The number of amides is 1. The van der Waals surface area contributed by atoms with Gasteiger partial charge in [0.25, 0.3) is 5.91 Å². The lowest BCUT2D eigenvalue weighted by atomic mass is 10.1. The molecule has 0 saturated carbocycles. The van der Waals surface area contributed by atoms with Crippen LogP contribution in [-0.2, 0) is 11.3 Å². The summed E-state index contributed by atoms with van der Waals surface area (Å²) in [5.74, 6) is 0.342. The van der Waals surface area contributed by atoms with E-state index in [1.807, 2.05) is 66.2 Å². The topological polar surface area (TPSA) is 76.3 Å². The van der Waals surface area contributed by atoms with Crippen LogP contribution < -0.4 is 0 Å². The van der Waals surface area contributed by atoms with Crippen molar-refractivity contribution >= 4 is 34.3 Å². The van der Waals surface area contributed by atoms with Crippen LogP contribution in [0.5, 0.6) is 0 Å². The third kappa shape index (κ3) is 3.69. The zero-order chi connectivity index (χ0) is 20.5. The van der Waals surface area contributed by atoms with Crippen LogP contribution in [0.3, 0.4) is 0 Å². The van der Waals surface area contributed by atoms with Gasteiger partial charge in [-0.3, -0.25) is 4.79 Å². The van der Waals surface area contributed by atoms with E-state index in [-0.39, 0.29) is 18.5 Å². The predicted octanol–water partition coefficient (Wildman–Crippen LogP) is 4.15. The van der Waals surface area contributed by atoms with E-state index < -0.39 is 0 Å². The molecular formula is C21H18N6OS2. The summed E-state index contributed by atoms with van der Waals surface area (Å²) in [4.78, 5) is 16.7. The summed E-state index contributed by atoms with van der Waals surface area (Å²) in [5.41, 5.74) is 2.97. The van der Waals surface area contributed by atoms with E-state index in [0.29, 0.717) is 12.2 Å². The van der Waals surface area contributed by atoms with Gasteiger partial charge in [-0.05, 0) is 35.0 Å². The molecule has 0 bridgehead atoms. The van der Waals surface area contributed by atoms with Gasteiger partial charge in [-0.15, -0.1) is 32.9 Å². The number of thiophene rings is 2. The Labute approximate surface area is 181 Å². The average Bonchev–Trinajstić information content (AvgIpc) is 3.55. The number of benzene rings is 1. The quantitative estimate of drug-likeness (QED) is 0.473. The Hall–Kier alpha value is -3.17. The molecule has 0 N–H and O–H groups in total. The fourth-order valence-electron chi connectivity index (χ4n) is 3.36. The Balaban J connectivity index is 1.38. The summed E-state index contributed by atoms with van der Waals surface area (Å²) >= 11 is 3.27. The van der Waals surface area contributed by atoms with Crippen molar-refractivity contribution in [1.29, 1.82) is 0 Å². The van der Waals surface area contributed by atoms with E-state index in [9.17, 15) is 4.79 Å². The molecule has 5 rings (SSSR count). The van der Waals surface area contributed by atoms with Gasteiger partial charge in [0.15, 0.2) is 0 Å². The molecule has 150 valence electrons. The fourth-order valence-corrected chi connectivity index (χ4v) is 4.89. The molecule has 1 amide bonds. The molecule has 1 aliphatic heterocycles. The highest BCUT2D eigenvalue weighted by atomic mass is 32.1. The Morgan fingerprint density at radius 2 is 1.90 bits per heavy atom. The second-order valence-corrected chi connectivity index (χ2v) is 8.93. The number of carbonyl (C=O) groups is 1. The van der Waals surface area contributed by atoms with Gasteiger partial charge >= 0.3 is 0 Å². The van der Waals surface area contributed by atoms with Crippen LogP contribution in [0.4, 0.5) is 0 Å². The highest BCUT2D eigenvalue weighted by molar-refractivity contribution is 7.12. The third-order valence-corrected chi connectivity index (χ3v) is 6.77. The van der Waals surface area contributed by atoms with Gasteiger partial charge in [-0.1, -0.05) is 42.0 Å². The Morgan fingerprint density at radius 3 is 2.63 bits per heavy atom. The average molecular weight is 435 g/mol. The predicted molar refractivity (Wildman–Crippen MR) is 117 cm³/mol. The molecule has 0 fully saturated rings. The molecule has 1 atom stereocenters. The molecule has 0 saturated heterocycles. The maximum Gasteiger partial charge on any atom is 0.266 e. The Kier molecular flexibility index (Phi) is 4.97. The number of rotatable bonds is 5. The van der Waals surface area contributed by atoms with E-state index in [4.69, 9.17) is 0 Å². The van der Waals surface area contributed by atoms with Crippen molar-refractivity contribution < 1.29 is 4.79 Å². The molecule has 4 aromatic rings. The molecule has 7 nitrogen and oxygen atoms in total. The lowest BCUT2D eigenvalue weighted by Crippen LogP contribution is -2.30. The third-order valence-electron chi connectivity index (χ3n) is 4.88. The van der Waals surface area contributed by atoms with Crippen molar-refractivity contribution in [3.63, 3.8) is 0 Å². The second kappa shape index (κ2) is 7.92. The first-order valence-corrected chi connectivity index (χ1v) is 11.2. The first kappa shape index (κ1) is 18.8. The van der Waals surface area contributed by atoms with Gasteiger partial charge in [0.1, 0.15) is 6.54 Å². The second-order valence-electron chi connectivity index (χ2n) is 7.01. The van der Waals surface area contributed by atoms with Crippen molar-refractivity contribution in [1.82, 2.24) is 25.2 Å². The Morgan fingerprint density at radius 1 is 1.10 bits per heavy atom. The maximum absolute atomic E-state index is 13.1. The molecule has 1 aliphatic rings. The molecule has 0 radical (unpaired) electrons. The molecule has 0 aliphatic carbocycles. The van der Waals surface area contributed by atoms with Gasteiger partial charge in [0.2, 0.25) is 5.82 Å². The van der Waals surface area contributed by atoms with Gasteiger partial charge < -0.3 is 0 Å². The zero-order valence-corrected chi connectivity index (χ0v) is 17.8.